The largest absolute Gasteiger partial charge is 0.493 e. The summed E-state index contributed by atoms with van der Waals surface area (Å²) in [4.78, 5) is 29.0. The molecule has 3 aromatic rings. The van der Waals surface area contributed by atoms with E-state index in [1.807, 2.05) is 0 Å². The predicted molar refractivity (Wildman–Crippen MR) is 140 cm³/mol. The van der Waals surface area contributed by atoms with Crippen LogP contribution in [-0.4, -0.2) is 60.1 Å². The fourth-order valence-corrected chi connectivity index (χ4v) is 4.87. The Balaban J connectivity index is 1.33. The Bertz CT molecular complexity index is 1360. The van der Waals surface area contributed by atoms with Gasteiger partial charge in [0, 0.05) is 29.4 Å². The van der Waals surface area contributed by atoms with Crippen molar-refractivity contribution in [1.82, 2.24) is 14.6 Å². The summed E-state index contributed by atoms with van der Waals surface area (Å²) in [7, 11) is 1.57. The second kappa shape index (κ2) is 11.2. The van der Waals surface area contributed by atoms with Crippen molar-refractivity contribution in [2.45, 2.75) is 25.7 Å². The number of pyridine rings is 1. The van der Waals surface area contributed by atoms with Crippen LogP contribution < -0.4 is 29.1 Å². The summed E-state index contributed by atoms with van der Waals surface area (Å²) in [6.45, 7) is 2.58. The number of hydrogen-bond acceptors (Lipinski definition) is 7. The van der Waals surface area contributed by atoms with E-state index in [4.69, 9.17) is 14.2 Å². The number of nitrogens with zero attached hydrogens (tertiary/aromatic N) is 1. The van der Waals surface area contributed by atoms with Crippen LogP contribution in [0.4, 0.5) is 10.1 Å². The molecule has 2 aromatic carbocycles. The van der Waals surface area contributed by atoms with Gasteiger partial charge < -0.3 is 29.1 Å². The first-order valence-corrected chi connectivity index (χ1v) is 13.1. The van der Waals surface area contributed by atoms with Gasteiger partial charge in [0.05, 0.1) is 19.2 Å². The molecule has 9 nitrogen and oxygen atoms in total. The average molecular weight is 535 g/mol. The normalized spacial score (nSPS) is 16.5. The van der Waals surface area contributed by atoms with Gasteiger partial charge in [-0.25, -0.2) is 4.39 Å². The second-order valence-electron chi connectivity index (χ2n) is 9.59. The molecule has 1 saturated heterocycles. The zero-order valence-corrected chi connectivity index (χ0v) is 22.2. The number of anilines is 1. The number of carbonyl (C=O) groups is 2. The standard InChI is InChI=1S/C27H29FN4O5.Al/c1-35-23-13-18-20(14-24(23)36-15-16-4-9-30-10-5-16)31-11-6-21(18)37-22-3-2-17(12-19(22)28)32-26(34)27(7-8-27)25(29)33;/h2-3,6,11-14,16,30H,4-5,7-10,15H2,1H3,(H3,29,32,33,34);/q;+1/p-1. The summed E-state index contributed by atoms with van der Waals surface area (Å²) in [5.74, 6) is 0.475. The molecule has 2 fully saturated rings. The van der Waals surface area contributed by atoms with Crippen molar-refractivity contribution in [1.29, 1.82) is 0 Å². The van der Waals surface area contributed by atoms with Crippen molar-refractivity contribution >= 4 is 44.9 Å². The van der Waals surface area contributed by atoms with Crippen LogP contribution in [0, 0.1) is 17.2 Å². The van der Waals surface area contributed by atoms with E-state index in [1.54, 1.807) is 31.5 Å². The average Bonchev–Trinajstić information content (AvgIpc) is 3.75. The van der Waals surface area contributed by atoms with Crippen LogP contribution in [0.2, 0.25) is 0 Å². The van der Waals surface area contributed by atoms with Gasteiger partial charge in [-0.3, -0.25) is 14.6 Å². The quantitative estimate of drug-likeness (QED) is 0.285. The van der Waals surface area contributed by atoms with E-state index in [0.717, 1.165) is 25.9 Å². The van der Waals surface area contributed by atoms with E-state index >= 15 is 0 Å². The zero-order valence-electron chi connectivity index (χ0n) is 21.0. The number of rotatable bonds is 9. The first-order chi connectivity index (χ1) is 18.4. The number of hydrogen-bond donors (Lipinski definition) is 3. The third-order valence-corrected chi connectivity index (χ3v) is 7.34. The third kappa shape index (κ3) is 5.41. The third-order valence-electron chi connectivity index (χ3n) is 7.08. The molecule has 2 amide bonds. The van der Waals surface area contributed by atoms with Gasteiger partial charge in [-0.1, -0.05) is 0 Å². The summed E-state index contributed by atoms with van der Waals surface area (Å²) in [5, 5.41) is 6.61. The summed E-state index contributed by atoms with van der Waals surface area (Å²) >= 11 is 2.10. The van der Waals surface area contributed by atoms with E-state index in [2.05, 4.69) is 36.4 Å². The van der Waals surface area contributed by atoms with Crippen molar-refractivity contribution in [3.05, 3.63) is 48.4 Å². The highest BCUT2D eigenvalue weighted by Gasteiger charge is 2.55. The molecule has 2 heterocycles. The number of nitrogens with one attached hydrogen (secondary N) is 3. The topological polar surface area (TPSA) is 111 Å². The number of amides is 2. The Morgan fingerprint density at radius 3 is 2.55 bits per heavy atom. The maximum absolute atomic E-state index is 15.0. The second-order valence-corrected chi connectivity index (χ2v) is 9.88. The van der Waals surface area contributed by atoms with Crippen LogP contribution in [-0.2, 0) is 9.59 Å². The maximum atomic E-state index is 15.0. The number of aromatic nitrogens is 1. The predicted octanol–water partition coefficient (Wildman–Crippen LogP) is 3.47. The van der Waals surface area contributed by atoms with Crippen molar-refractivity contribution < 1.29 is 28.2 Å². The molecule has 2 radical (unpaired) electrons. The molecule has 1 aliphatic carbocycles. The number of ether oxygens (including phenoxy) is 3. The Morgan fingerprint density at radius 1 is 1.08 bits per heavy atom. The molecule has 2 aliphatic rings. The van der Waals surface area contributed by atoms with E-state index in [9.17, 15) is 14.0 Å². The van der Waals surface area contributed by atoms with E-state index in [1.165, 1.54) is 18.2 Å². The minimum atomic E-state index is -1.10. The number of fused-ring (bicyclic) bond motifs is 1. The SMILES string of the molecule is COc1cc2c(Oc3ccc(NC(=O)C4(C(=O)[NH][Al])CC4)cc3F)ccnc2cc1OCC1CCNCC1. The summed E-state index contributed by atoms with van der Waals surface area (Å²) in [5.41, 5.74) is -0.243. The molecule has 1 aromatic heterocycles. The molecule has 1 aliphatic heterocycles. The number of piperidine rings is 1. The fourth-order valence-electron chi connectivity index (χ4n) is 4.60. The lowest BCUT2D eigenvalue weighted by atomic mass is 9.99. The number of methoxy groups -OCH3 is 1. The molecule has 0 spiro atoms. The van der Waals surface area contributed by atoms with Crippen molar-refractivity contribution in [3.63, 3.8) is 0 Å². The van der Waals surface area contributed by atoms with E-state index < -0.39 is 17.1 Å². The Hall–Kier alpha value is -3.39. The van der Waals surface area contributed by atoms with Crippen LogP contribution >= 0.6 is 0 Å². The van der Waals surface area contributed by atoms with Gasteiger partial charge in [0.1, 0.15) is 11.2 Å². The zero-order chi connectivity index (χ0) is 26.7. The molecule has 196 valence electrons. The monoisotopic (exact) mass is 534 g/mol. The van der Waals surface area contributed by atoms with Gasteiger partial charge in [0.2, 0.25) is 11.8 Å². The Morgan fingerprint density at radius 2 is 1.87 bits per heavy atom. The lowest BCUT2D eigenvalue weighted by Crippen LogP contribution is -2.38. The van der Waals surface area contributed by atoms with Gasteiger partial charge >= 0.3 is 16.5 Å². The smallest absolute Gasteiger partial charge is 0.310 e. The molecular weight excluding hydrogens is 506 g/mol. The summed E-state index contributed by atoms with van der Waals surface area (Å²) in [6.07, 6.45) is 4.61. The van der Waals surface area contributed by atoms with Gasteiger partial charge in [-0.15, -0.1) is 0 Å². The van der Waals surface area contributed by atoms with E-state index in [0.29, 0.717) is 53.5 Å². The fraction of sp³-hybridized carbons (Fsp3) is 0.370. The van der Waals surface area contributed by atoms with Gasteiger partial charge in [-0.2, -0.15) is 0 Å². The minimum absolute atomic E-state index is 0.0236. The molecule has 5 rings (SSSR count). The lowest BCUT2D eigenvalue weighted by molar-refractivity contribution is -0.133. The van der Waals surface area contributed by atoms with Crippen molar-refractivity contribution in [2.75, 3.05) is 32.1 Å². The van der Waals surface area contributed by atoms with Crippen molar-refractivity contribution in [3.8, 4) is 23.0 Å². The van der Waals surface area contributed by atoms with Crippen molar-refractivity contribution in [2.24, 2.45) is 11.3 Å². The molecule has 38 heavy (non-hydrogen) atoms. The lowest BCUT2D eigenvalue weighted by Gasteiger charge is -2.23. The Kier molecular flexibility index (Phi) is 7.70. The molecule has 3 N–H and O–H groups in total. The maximum Gasteiger partial charge on any atom is 0.310 e. The van der Waals surface area contributed by atoms with Crippen LogP contribution in [0.1, 0.15) is 25.7 Å². The Labute approximate surface area is 228 Å². The number of benzene rings is 2. The van der Waals surface area contributed by atoms with Gasteiger partial charge in [-0.05, 0) is 69.0 Å². The molecule has 0 bridgehead atoms. The van der Waals surface area contributed by atoms with Gasteiger partial charge in [0.25, 0.3) is 0 Å². The molecular formula is C27H28AlFN4O5. The summed E-state index contributed by atoms with van der Waals surface area (Å²) in [6, 6.07) is 9.34. The van der Waals surface area contributed by atoms with Crippen LogP contribution in [0.5, 0.6) is 23.0 Å². The highest BCUT2D eigenvalue weighted by atomic mass is 27.1. The first-order valence-electron chi connectivity index (χ1n) is 12.5. The highest BCUT2D eigenvalue weighted by Crippen LogP contribution is 2.47. The van der Waals surface area contributed by atoms with E-state index in [-0.39, 0.29) is 17.3 Å². The number of carbonyl (C=O) groups excluding carboxylic acids is 2. The minimum Gasteiger partial charge on any atom is -0.493 e. The highest BCUT2D eigenvalue weighted by molar-refractivity contribution is 6.22. The molecule has 0 unspecified atom stereocenters. The summed E-state index contributed by atoms with van der Waals surface area (Å²) < 4.78 is 35.0. The van der Waals surface area contributed by atoms with Crippen LogP contribution in [0.25, 0.3) is 10.9 Å². The van der Waals surface area contributed by atoms with Crippen LogP contribution in [0.15, 0.2) is 42.6 Å². The van der Waals surface area contributed by atoms with Gasteiger partial charge in [0.15, 0.2) is 23.1 Å². The molecule has 1 saturated carbocycles. The number of halogens is 1. The first kappa shape index (κ1) is 26.2. The van der Waals surface area contributed by atoms with Crippen LogP contribution in [0.3, 0.4) is 0 Å². The molecule has 0 atom stereocenters. The molecule has 11 heteroatoms.